The van der Waals surface area contributed by atoms with Crippen LogP contribution in [0.25, 0.3) is 0 Å². The van der Waals surface area contributed by atoms with Crippen LogP contribution in [0, 0.1) is 5.92 Å². The van der Waals surface area contributed by atoms with E-state index >= 15 is 0 Å². The van der Waals surface area contributed by atoms with E-state index in [-0.39, 0.29) is 6.10 Å². The summed E-state index contributed by atoms with van der Waals surface area (Å²) >= 11 is 0. The third kappa shape index (κ3) is 8.53. The fourth-order valence-corrected chi connectivity index (χ4v) is 3.07. The van der Waals surface area contributed by atoms with Gasteiger partial charge in [0.15, 0.2) is 16.6 Å². The van der Waals surface area contributed by atoms with E-state index in [1.54, 1.807) is 6.92 Å². The van der Waals surface area contributed by atoms with E-state index in [1.807, 2.05) is 0 Å². The number of carboxylic acid groups (broad SMARTS) is 1. The van der Waals surface area contributed by atoms with Gasteiger partial charge >= 0.3 is 5.97 Å². The monoisotopic (exact) mass is 278 g/mol. The lowest BCUT2D eigenvalue weighted by Gasteiger charge is -2.31. The van der Waals surface area contributed by atoms with Crippen LogP contribution in [0.3, 0.4) is 0 Å². The van der Waals surface area contributed by atoms with E-state index in [2.05, 4.69) is 39.3 Å². The van der Waals surface area contributed by atoms with Crippen LogP contribution in [-0.2, 0) is 13.6 Å². The molecule has 0 rings (SSSR count). The molecule has 0 fully saturated rings. The topological polar surface area (TPSA) is 55.8 Å². The first kappa shape index (κ1) is 16.8. The summed E-state index contributed by atoms with van der Waals surface area (Å²) in [6.45, 7) is 14.5. The molecule has 4 nitrogen and oxygen atoms in total. The zero-order valence-corrected chi connectivity index (χ0v) is 14.0. The molecule has 0 aliphatic carbocycles. The maximum Gasteiger partial charge on any atom is 0.308 e. The van der Waals surface area contributed by atoms with E-state index in [1.165, 1.54) is 0 Å². The molecule has 2 unspecified atom stereocenters. The van der Waals surface area contributed by atoms with Gasteiger partial charge in [0.05, 0.1) is 18.6 Å². The van der Waals surface area contributed by atoms with Crippen LogP contribution in [0.4, 0.5) is 0 Å². The summed E-state index contributed by atoms with van der Waals surface area (Å²) in [4.78, 5) is 11.0. The number of hydrogen-bond acceptors (Lipinski definition) is 3. The minimum Gasteiger partial charge on any atom is -0.481 e. The van der Waals surface area contributed by atoms with E-state index in [0.29, 0.717) is 6.61 Å². The van der Waals surface area contributed by atoms with Crippen molar-refractivity contribution in [3.63, 3.8) is 0 Å². The van der Waals surface area contributed by atoms with Crippen molar-refractivity contribution < 1.29 is 18.8 Å². The minimum absolute atomic E-state index is 0.342. The molecule has 0 aliphatic rings. The maximum atomic E-state index is 11.0. The average molecular weight is 278 g/mol. The van der Waals surface area contributed by atoms with Gasteiger partial charge < -0.3 is 14.0 Å². The third-order valence-electron chi connectivity index (χ3n) is 2.13. The fourth-order valence-electron chi connectivity index (χ4n) is 1.23. The highest BCUT2D eigenvalue weighted by Gasteiger charge is 2.31. The second-order valence-corrected chi connectivity index (χ2v) is 15.3. The molecule has 0 spiro atoms. The number of aliphatic carboxylic acids is 1. The quantitative estimate of drug-likeness (QED) is 0.728. The number of carbonyl (C=O) groups is 1. The van der Waals surface area contributed by atoms with Crippen LogP contribution >= 0.6 is 0 Å². The van der Waals surface area contributed by atoms with Crippen molar-refractivity contribution >= 4 is 22.6 Å². The molecule has 0 radical (unpaired) electrons. The second kappa shape index (κ2) is 6.13. The Labute approximate surface area is 107 Å². The van der Waals surface area contributed by atoms with E-state index in [0.717, 1.165) is 0 Å². The predicted octanol–water partition coefficient (Wildman–Crippen LogP) is 2.78. The Morgan fingerprint density at radius 3 is 1.88 bits per heavy atom. The Balaban J connectivity index is 4.57. The first-order valence-corrected chi connectivity index (χ1v) is 12.8. The van der Waals surface area contributed by atoms with Crippen molar-refractivity contribution in [2.75, 3.05) is 6.61 Å². The molecule has 0 amide bonds. The van der Waals surface area contributed by atoms with E-state index < -0.39 is 28.5 Å². The van der Waals surface area contributed by atoms with Gasteiger partial charge in [-0.2, -0.15) is 0 Å². The lowest BCUT2D eigenvalue weighted by atomic mass is 10.1. The molecule has 2 atom stereocenters. The molecule has 0 aliphatic heterocycles. The SMILES string of the molecule is CC(C(=O)O)C(CO[Si](C)(C)C)O[Si](C)(C)C. The maximum absolute atomic E-state index is 11.0. The normalized spacial score (nSPS) is 16.6. The van der Waals surface area contributed by atoms with Crippen molar-refractivity contribution in [2.45, 2.75) is 52.3 Å². The molecule has 0 bridgehead atoms. The zero-order chi connectivity index (χ0) is 13.9. The van der Waals surface area contributed by atoms with Gasteiger partial charge in [0.2, 0.25) is 0 Å². The van der Waals surface area contributed by atoms with Crippen LogP contribution < -0.4 is 0 Å². The van der Waals surface area contributed by atoms with Crippen molar-refractivity contribution in [1.82, 2.24) is 0 Å². The lowest BCUT2D eigenvalue weighted by Crippen LogP contribution is -2.43. The van der Waals surface area contributed by atoms with Gasteiger partial charge in [-0.05, 0) is 46.2 Å². The molecule has 0 saturated heterocycles. The third-order valence-corrected chi connectivity index (χ3v) is 4.18. The zero-order valence-electron chi connectivity index (χ0n) is 12.0. The summed E-state index contributed by atoms with van der Waals surface area (Å²) in [6.07, 6.45) is -0.342. The molecule has 6 heteroatoms. The second-order valence-electron chi connectivity index (χ2n) is 6.32. The van der Waals surface area contributed by atoms with Gasteiger partial charge in [0, 0.05) is 0 Å². The Kier molecular flexibility index (Phi) is 6.06. The predicted molar refractivity (Wildman–Crippen MR) is 74.3 cm³/mol. The first-order valence-electron chi connectivity index (χ1n) is 5.97. The fraction of sp³-hybridized carbons (Fsp3) is 0.909. The van der Waals surface area contributed by atoms with Crippen molar-refractivity contribution in [1.29, 1.82) is 0 Å². The molecule has 0 aromatic rings. The number of carboxylic acids is 1. The van der Waals surface area contributed by atoms with Gasteiger partial charge in [-0.3, -0.25) is 4.79 Å². The van der Waals surface area contributed by atoms with E-state index in [4.69, 9.17) is 14.0 Å². The summed E-state index contributed by atoms with van der Waals surface area (Å²) < 4.78 is 11.7. The van der Waals surface area contributed by atoms with Crippen molar-refractivity contribution in [2.24, 2.45) is 5.92 Å². The van der Waals surface area contributed by atoms with Crippen LogP contribution in [0.5, 0.6) is 0 Å². The van der Waals surface area contributed by atoms with Crippen LogP contribution in [0.15, 0.2) is 0 Å². The summed E-state index contributed by atoms with van der Waals surface area (Å²) in [5.41, 5.74) is 0. The highest BCUT2D eigenvalue weighted by molar-refractivity contribution is 6.70. The Bertz CT molecular complexity index is 255. The first-order chi connectivity index (χ1) is 7.42. The smallest absolute Gasteiger partial charge is 0.308 e. The molecule has 0 aromatic carbocycles. The molecule has 0 saturated carbocycles. The molecule has 102 valence electrons. The molecular formula is C11H26O4Si2. The standard InChI is InChI=1S/C11H26O4Si2/c1-9(11(12)13)10(15-17(5,6)7)8-14-16(2,3)4/h9-10H,8H2,1-7H3,(H,12,13). The largest absolute Gasteiger partial charge is 0.481 e. The lowest BCUT2D eigenvalue weighted by molar-refractivity contribution is -0.145. The highest BCUT2D eigenvalue weighted by Crippen LogP contribution is 2.17. The van der Waals surface area contributed by atoms with Gasteiger partial charge in [0.1, 0.15) is 0 Å². The van der Waals surface area contributed by atoms with Crippen LogP contribution in [0.2, 0.25) is 39.3 Å². The molecule has 0 aromatic heterocycles. The number of rotatable bonds is 7. The van der Waals surface area contributed by atoms with Crippen LogP contribution in [-0.4, -0.2) is 40.4 Å². The van der Waals surface area contributed by atoms with Gasteiger partial charge in [-0.15, -0.1) is 0 Å². The minimum atomic E-state index is -1.75. The summed E-state index contributed by atoms with van der Waals surface area (Å²) in [6, 6.07) is 0. The highest BCUT2D eigenvalue weighted by atomic mass is 28.4. The summed E-state index contributed by atoms with van der Waals surface area (Å²) in [7, 11) is -3.39. The Morgan fingerprint density at radius 1 is 1.12 bits per heavy atom. The molecule has 1 N–H and O–H groups in total. The van der Waals surface area contributed by atoms with Gasteiger partial charge in [0.25, 0.3) is 0 Å². The van der Waals surface area contributed by atoms with Gasteiger partial charge in [-0.25, -0.2) is 0 Å². The van der Waals surface area contributed by atoms with Crippen LogP contribution in [0.1, 0.15) is 6.92 Å². The van der Waals surface area contributed by atoms with Gasteiger partial charge in [-0.1, -0.05) is 0 Å². The molecule has 17 heavy (non-hydrogen) atoms. The number of hydrogen-bond donors (Lipinski definition) is 1. The summed E-state index contributed by atoms with van der Waals surface area (Å²) in [5, 5.41) is 9.07. The average Bonchev–Trinajstić information content (AvgIpc) is 2.07. The molecular weight excluding hydrogens is 252 g/mol. The van der Waals surface area contributed by atoms with Crippen molar-refractivity contribution in [3.05, 3.63) is 0 Å². The summed E-state index contributed by atoms with van der Waals surface area (Å²) in [5.74, 6) is -1.36. The van der Waals surface area contributed by atoms with E-state index in [9.17, 15) is 4.79 Å². The molecule has 0 heterocycles. The van der Waals surface area contributed by atoms with Crippen molar-refractivity contribution in [3.8, 4) is 0 Å². The Morgan fingerprint density at radius 2 is 1.59 bits per heavy atom. The Hall–Kier alpha value is -0.176.